The Hall–Kier alpha value is -8.54. The van der Waals surface area contributed by atoms with Gasteiger partial charge in [-0.25, -0.2) is 0 Å². The molecule has 0 N–H and O–H groups in total. The normalized spacial score (nSPS) is 16.7. The SMILES string of the molecule is CC(C)(C)c1ccc(N(c2ccc(C(C)(C)C)cc2)c2cc3c4c(c2)N(c2ccc(C(C)(C)C)cc2-c2ccccc2)c2ccc(-c5cccc6oc7ccccc7c56)cc2B4c2cc4c(cc2N3c2ccc3c(c2)C(C)(C)CCC3(C)C)C(C)(C)CC4(C)C)cc1. The highest BCUT2D eigenvalue weighted by molar-refractivity contribution is 7.00. The number of para-hydroxylation sites is 1. The highest BCUT2D eigenvalue weighted by atomic mass is 16.3. The van der Waals surface area contributed by atoms with Gasteiger partial charge in [0, 0.05) is 56.1 Å². The van der Waals surface area contributed by atoms with Crippen molar-refractivity contribution in [2.45, 2.75) is 175 Å². The molecule has 2 aliphatic carbocycles. The van der Waals surface area contributed by atoms with E-state index in [2.05, 4.69) is 333 Å². The molecule has 4 aliphatic rings. The summed E-state index contributed by atoms with van der Waals surface area (Å²) >= 11 is 0. The van der Waals surface area contributed by atoms with Crippen LogP contribution in [0.25, 0.3) is 44.2 Å². The molecule has 11 aromatic rings. The van der Waals surface area contributed by atoms with E-state index in [1.165, 1.54) is 106 Å². The number of benzene rings is 10. The second-order valence-electron chi connectivity index (χ2n) is 33.2. The molecule has 3 heterocycles. The molecule has 2 aliphatic heterocycles. The quantitative estimate of drug-likeness (QED) is 0.148. The van der Waals surface area contributed by atoms with E-state index in [0.29, 0.717) is 0 Å². The summed E-state index contributed by atoms with van der Waals surface area (Å²) in [4.78, 5) is 7.94. The number of hydrogen-bond acceptors (Lipinski definition) is 4. The number of hydrogen-bond donors (Lipinski definition) is 0. The Bertz CT molecular complexity index is 4730. The average molecular weight is 1200 g/mol. The molecule has 0 bridgehead atoms. The number of nitrogens with zero attached hydrogens (tertiary/aromatic N) is 3. The van der Waals surface area contributed by atoms with Gasteiger partial charge in [0.25, 0.3) is 6.71 Å². The van der Waals surface area contributed by atoms with E-state index in [0.717, 1.165) is 64.0 Å². The molecular formula is C87H90BN3O. The summed E-state index contributed by atoms with van der Waals surface area (Å²) in [5, 5.41) is 2.28. The summed E-state index contributed by atoms with van der Waals surface area (Å²) in [6.45, 7) is 40.6. The summed E-state index contributed by atoms with van der Waals surface area (Å²) in [7, 11) is 0. The second-order valence-corrected chi connectivity index (χ2v) is 33.2. The summed E-state index contributed by atoms with van der Waals surface area (Å²) < 4.78 is 6.66. The van der Waals surface area contributed by atoms with Crippen LogP contribution in [0.15, 0.2) is 205 Å². The van der Waals surface area contributed by atoms with Gasteiger partial charge in [-0.2, -0.15) is 0 Å². The maximum absolute atomic E-state index is 6.66. The lowest BCUT2D eigenvalue weighted by molar-refractivity contribution is 0.332. The summed E-state index contributed by atoms with van der Waals surface area (Å²) in [5.41, 5.74) is 30.4. The van der Waals surface area contributed by atoms with E-state index < -0.39 is 0 Å². The van der Waals surface area contributed by atoms with Crippen LogP contribution in [0.3, 0.4) is 0 Å². The van der Waals surface area contributed by atoms with Crippen molar-refractivity contribution >= 4 is 96.2 Å². The molecule has 0 unspecified atom stereocenters. The van der Waals surface area contributed by atoms with E-state index in [1.807, 2.05) is 0 Å². The molecule has 0 spiro atoms. The van der Waals surface area contributed by atoms with Crippen LogP contribution in [0, 0.1) is 0 Å². The van der Waals surface area contributed by atoms with Crippen molar-refractivity contribution in [3.05, 3.63) is 239 Å². The van der Waals surface area contributed by atoms with Gasteiger partial charge in [0.05, 0.1) is 11.4 Å². The maximum atomic E-state index is 6.66. The van der Waals surface area contributed by atoms with Gasteiger partial charge in [-0.05, 0) is 214 Å². The Morgan fingerprint density at radius 3 is 1.57 bits per heavy atom. The summed E-state index contributed by atoms with van der Waals surface area (Å²) in [6.07, 6.45) is 3.34. The highest BCUT2D eigenvalue weighted by Crippen LogP contribution is 2.56. The average Bonchev–Trinajstić information content (AvgIpc) is 0.982. The van der Waals surface area contributed by atoms with E-state index in [4.69, 9.17) is 4.42 Å². The fourth-order valence-corrected chi connectivity index (χ4v) is 16.7. The largest absolute Gasteiger partial charge is 0.456 e. The van der Waals surface area contributed by atoms with Crippen LogP contribution in [0.2, 0.25) is 0 Å². The van der Waals surface area contributed by atoms with E-state index in [1.54, 1.807) is 0 Å². The molecule has 0 radical (unpaired) electrons. The molecule has 10 aromatic carbocycles. The van der Waals surface area contributed by atoms with E-state index in [9.17, 15) is 0 Å². The minimum atomic E-state index is -0.163. The number of furan rings is 1. The predicted octanol–water partition coefficient (Wildman–Crippen LogP) is 22.7. The van der Waals surface area contributed by atoms with Gasteiger partial charge in [-0.1, -0.05) is 233 Å². The Balaban J connectivity index is 1.11. The topological polar surface area (TPSA) is 22.9 Å². The van der Waals surface area contributed by atoms with Gasteiger partial charge in [-0.15, -0.1) is 0 Å². The number of fused-ring (bicyclic) bond motifs is 9. The van der Waals surface area contributed by atoms with Crippen LogP contribution in [-0.2, 0) is 37.9 Å². The lowest BCUT2D eigenvalue weighted by Crippen LogP contribution is -2.61. The Morgan fingerprint density at radius 2 is 0.924 bits per heavy atom. The Kier molecular flexibility index (Phi) is 13.3. The Morgan fingerprint density at radius 1 is 0.380 bits per heavy atom. The molecule has 92 heavy (non-hydrogen) atoms. The first-order valence-corrected chi connectivity index (χ1v) is 33.8. The highest BCUT2D eigenvalue weighted by Gasteiger charge is 2.49. The van der Waals surface area contributed by atoms with Crippen molar-refractivity contribution in [2.24, 2.45) is 0 Å². The van der Waals surface area contributed by atoms with Crippen molar-refractivity contribution in [1.82, 2.24) is 0 Å². The fourth-order valence-electron chi connectivity index (χ4n) is 16.7. The van der Waals surface area contributed by atoms with Crippen molar-refractivity contribution in [3.8, 4) is 22.3 Å². The van der Waals surface area contributed by atoms with Crippen molar-refractivity contribution in [2.75, 3.05) is 14.7 Å². The molecular weight excluding hydrogens is 1110 g/mol. The van der Waals surface area contributed by atoms with Gasteiger partial charge in [0.1, 0.15) is 11.2 Å². The number of rotatable bonds is 7. The molecule has 0 amide bonds. The number of anilines is 9. The maximum Gasteiger partial charge on any atom is 0.252 e. The molecule has 1 aromatic heterocycles. The predicted molar refractivity (Wildman–Crippen MR) is 395 cm³/mol. The first-order valence-electron chi connectivity index (χ1n) is 33.8. The van der Waals surface area contributed by atoms with Crippen molar-refractivity contribution in [1.29, 1.82) is 0 Å². The zero-order chi connectivity index (χ0) is 64.6. The fraction of sp³-hybridized carbons (Fsp3) is 0.310. The van der Waals surface area contributed by atoms with Gasteiger partial charge < -0.3 is 19.1 Å². The first kappa shape index (κ1) is 59.8. The van der Waals surface area contributed by atoms with E-state index in [-0.39, 0.29) is 44.6 Å². The first-order chi connectivity index (χ1) is 43.5. The standard InChI is InChI=1S/C87H90BN3O/c1-81(2,3)56-31-36-59(37-32-56)89(60-38-33-57(34-39-60)82(4,5)6)62-49-75-80-76(50-62)91(72-43-35-58(83(7,8)9)47-65(72)54-24-19-18-20-25-54)73-42-30-55(63-27-23-29-78-79(63)64-26-21-22-28-77(64)92-78)46-70(73)88(80)71-51-68-69(87(16,17)53-86(68,14)15)52-74(71)90(75)61-40-41-66-67(48-61)85(12,13)45-44-84(66,10)11/h18-43,46-52H,44-45,53H2,1-17H3. The minimum absolute atomic E-state index is 0.0230. The minimum Gasteiger partial charge on any atom is -0.456 e. The lowest BCUT2D eigenvalue weighted by atomic mass is 9.33. The Labute approximate surface area is 548 Å². The molecule has 0 saturated heterocycles. The third kappa shape index (κ3) is 9.59. The molecule has 0 saturated carbocycles. The van der Waals surface area contributed by atoms with Crippen LogP contribution in [-0.4, -0.2) is 6.71 Å². The summed E-state index contributed by atoms with van der Waals surface area (Å²) in [5.74, 6) is 0. The lowest BCUT2D eigenvalue weighted by Gasteiger charge is -2.47. The van der Waals surface area contributed by atoms with Crippen LogP contribution in [0.1, 0.15) is 176 Å². The summed E-state index contributed by atoms with van der Waals surface area (Å²) in [6, 6.07) is 77.9. The smallest absolute Gasteiger partial charge is 0.252 e. The van der Waals surface area contributed by atoms with Crippen LogP contribution >= 0.6 is 0 Å². The zero-order valence-corrected chi connectivity index (χ0v) is 57.5. The third-order valence-electron chi connectivity index (χ3n) is 21.8. The van der Waals surface area contributed by atoms with Gasteiger partial charge >= 0.3 is 0 Å². The molecule has 5 heteroatoms. The van der Waals surface area contributed by atoms with Crippen LogP contribution in [0.4, 0.5) is 51.2 Å². The van der Waals surface area contributed by atoms with Crippen LogP contribution < -0.4 is 31.1 Å². The van der Waals surface area contributed by atoms with Gasteiger partial charge in [0.15, 0.2) is 0 Å². The van der Waals surface area contributed by atoms with Gasteiger partial charge in [0.2, 0.25) is 0 Å². The molecule has 0 atom stereocenters. The van der Waals surface area contributed by atoms with Crippen molar-refractivity contribution < 1.29 is 4.42 Å². The van der Waals surface area contributed by atoms with Crippen LogP contribution in [0.5, 0.6) is 0 Å². The molecule has 4 nitrogen and oxygen atoms in total. The second kappa shape index (κ2) is 20.5. The third-order valence-corrected chi connectivity index (χ3v) is 21.8. The van der Waals surface area contributed by atoms with Gasteiger partial charge in [-0.3, -0.25) is 0 Å². The monoisotopic (exact) mass is 1200 g/mol. The molecule has 462 valence electrons. The molecule has 0 fully saturated rings. The zero-order valence-electron chi connectivity index (χ0n) is 57.5. The van der Waals surface area contributed by atoms with E-state index >= 15 is 0 Å². The molecule has 15 rings (SSSR count). The van der Waals surface area contributed by atoms with Crippen molar-refractivity contribution in [3.63, 3.8) is 0 Å².